The van der Waals surface area contributed by atoms with Crippen molar-refractivity contribution in [1.29, 1.82) is 0 Å². The van der Waals surface area contributed by atoms with Gasteiger partial charge in [0.25, 0.3) is 0 Å². The zero-order chi connectivity index (χ0) is 25.4. The van der Waals surface area contributed by atoms with Crippen LogP contribution in [0.5, 0.6) is 34.5 Å². The summed E-state index contributed by atoms with van der Waals surface area (Å²) in [6.45, 7) is 0. The van der Waals surface area contributed by atoms with Crippen molar-refractivity contribution in [3.8, 4) is 34.5 Å². The van der Waals surface area contributed by atoms with E-state index in [1.54, 1.807) is 49.6 Å². The molecule has 0 N–H and O–H groups in total. The van der Waals surface area contributed by atoms with Crippen molar-refractivity contribution in [3.63, 3.8) is 0 Å². The molecule has 1 unspecified atom stereocenters. The molecule has 8 nitrogen and oxygen atoms in total. The Balaban J connectivity index is 1.62. The van der Waals surface area contributed by atoms with Gasteiger partial charge in [0, 0.05) is 23.1 Å². The summed E-state index contributed by atoms with van der Waals surface area (Å²) in [6, 6.07) is 14.0. The van der Waals surface area contributed by atoms with Crippen LogP contribution in [-0.2, 0) is 4.79 Å². The number of esters is 1. The maximum absolute atomic E-state index is 13.2. The summed E-state index contributed by atoms with van der Waals surface area (Å²) in [5.41, 5.74) is 2.47. The molecule has 0 amide bonds. The largest absolute Gasteiger partial charge is 0.497 e. The highest BCUT2D eigenvalue weighted by Crippen LogP contribution is 2.51. The Kier molecular flexibility index (Phi) is 6.01. The summed E-state index contributed by atoms with van der Waals surface area (Å²) >= 11 is 0. The van der Waals surface area contributed by atoms with Crippen molar-refractivity contribution >= 4 is 17.8 Å². The summed E-state index contributed by atoms with van der Waals surface area (Å²) < 4.78 is 33.4. The molecule has 2 aliphatic rings. The molecule has 0 bridgehead atoms. The molecule has 0 radical (unpaired) electrons. The Bertz CT molecular complexity index is 1390. The first-order valence-corrected chi connectivity index (χ1v) is 11.2. The highest BCUT2D eigenvalue weighted by atomic mass is 16.5. The van der Waals surface area contributed by atoms with Crippen LogP contribution in [0.15, 0.2) is 54.3 Å². The van der Waals surface area contributed by atoms with E-state index in [1.165, 1.54) is 21.3 Å². The number of hydrogen-bond donors (Lipinski definition) is 0. The van der Waals surface area contributed by atoms with E-state index in [4.69, 9.17) is 28.4 Å². The van der Waals surface area contributed by atoms with Crippen molar-refractivity contribution < 1.29 is 38.0 Å². The fraction of sp³-hybridized carbons (Fsp3) is 0.214. The molecule has 5 rings (SSSR count). The normalized spacial score (nSPS) is 17.1. The van der Waals surface area contributed by atoms with Gasteiger partial charge in [0.15, 0.2) is 17.3 Å². The molecule has 0 fully saturated rings. The van der Waals surface area contributed by atoms with Crippen LogP contribution in [0.1, 0.15) is 39.4 Å². The molecule has 0 aliphatic carbocycles. The van der Waals surface area contributed by atoms with Crippen LogP contribution in [0.4, 0.5) is 0 Å². The monoisotopic (exact) mass is 488 g/mol. The van der Waals surface area contributed by atoms with Gasteiger partial charge in [-0.25, -0.2) is 0 Å². The molecule has 3 aromatic rings. The van der Waals surface area contributed by atoms with Gasteiger partial charge in [-0.05, 0) is 42.0 Å². The predicted molar refractivity (Wildman–Crippen MR) is 131 cm³/mol. The first kappa shape index (κ1) is 23.3. The van der Waals surface area contributed by atoms with Crippen molar-refractivity contribution in [1.82, 2.24) is 0 Å². The molecule has 2 heterocycles. The number of rotatable bonds is 6. The first-order valence-electron chi connectivity index (χ1n) is 11.2. The van der Waals surface area contributed by atoms with Gasteiger partial charge in [-0.15, -0.1) is 0 Å². The number of benzene rings is 3. The third-order valence-corrected chi connectivity index (χ3v) is 6.30. The Morgan fingerprint density at radius 1 is 0.806 bits per heavy atom. The van der Waals surface area contributed by atoms with E-state index in [0.29, 0.717) is 51.2 Å². The van der Waals surface area contributed by atoms with Crippen LogP contribution < -0.4 is 28.4 Å². The van der Waals surface area contributed by atoms with E-state index in [-0.39, 0.29) is 18.0 Å². The van der Waals surface area contributed by atoms with Crippen molar-refractivity contribution in [2.45, 2.75) is 12.3 Å². The lowest BCUT2D eigenvalue weighted by molar-refractivity contribution is -0.135. The average molecular weight is 488 g/mol. The van der Waals surface area contributed by atoms with Crippen molar-refractivity contribution in [3.05, 3.63) is 76.5 Å². The third kappa shape index (κ3) is 3.90. The van der Waals surface area contributed by atoms with Crippen LogP contribution in [0.25, 0.3) is 6.08 Å². The number of ketones is 1. The quantitative estimate of drug-likeness (QED) is 0.278. The Morgan fingerprint density at radius 2 is 1.50 bits per heavy atom. The van der Waals surface area contributed by atoms with Gasteiger partial charge in [-0.1, -0.05) is 12.1 Å². The summed E-state index contributed by atoms with van der Waals surface area (Å²) in [5.74, 6) is 1.93. The molecule has 0 spiro atoms. The summed E-state index contributed by atoms with van der Waals surface area (Å²) in [6.07, 6.45) is 1.71. The molecule has 0 saturated carbocycles. The van der Waals surface area contributed by atoms with E-state index in [2.05, 4.69) is 0 Å². The molecule has 3 aromatic carbocycles. The first-order chi connectivity index (χ1) is 17.5. The maximum atomic E-state index is 13.2. The van der Waals surface area contributed by atoms with E-state index in [0.717, 1.165) is 5.56 Å². The number of carbonyl (C=O) groups is 2. The number of hydrogen-bond acceptors (Lipinski definition) is 8. The number of carbonyl (C=O) groups excluding carboxylic acids is 2. The van der Waals surface area contributed by atoms with Crippen LogP contribution in [0.3, 0.4) is 0 Å². The smallest absolute Gasteiger partial charge is 0.312 e. The molecular weight excluding hydrogens is 464 g/mol. The minimum absolute atomic E-state index is 0.0321. The van der Waals surface area contributed by atoms with Crippen LogP contribution in [-0.4, -0.2) is 40.2 Å². The predicted octanol–water partition coefficient (Wildman–Crippen LogP) is 4.78. The SMILES string of the molecule is COc1ccc(/C=C2\Oc3c(ccc4c3C(c3cc(OC)c(OC)cc3OC)CC(=O)O4)C2=O)cc1. The van der Waals surface area contributed by atoms with Crippen LogP contribution >= 0.6 is 0 Å². The number of methoxy groups -OCH3 is 4. The third-order valence-electron chi connectivity index (χ3n) is 6.30. The van der Waals surface area contributed by atoms with Crippen molar-refractivity contribution in [2.75, 3.05) is 28.4 Å². The van der Waals surface area contributed by atoms with Gasteiger partial charge in [0.2, 0.25) is 5.78 Å². The minimum Gasteiger partial charge on any atom is -0.497 e. The van der Waals surface area contributed by atoms with E-state index in [1.807, 2.05) is 12.1 Å². The average Bonchev–Trinajstić information content (AvgIpc) is 3.22. The summed E-state index contributed by atoms with van der Waals surface area (Å²) in [5, 5.41) is 0. The number of allylic oxidation sites excluding steroid dienone is 1. The second-order valence-corrected chi connectivity index (χ2v) is 8.25. The van der Waals surface area contributed by atoms with Gasteiger partial charge in [0.05, 0.1) is 40.4 Å². The fourth-order valence-corrected chi connectivity index (χ4v) is 4.55. The number of ether oxygens (including phenoxy) is 6. The molecule has 0 aromatic heterocycles. The summed E-state index contributed by atoms with van der Waals surface area (Å²) in [4.78, 5) is 25.8. The molecule has 8 heteroatoms. The lowest BCUT2D eigenvalue weighted by Gasteiger charge is -2.28. The Labute approximate surface area is 207 Å². The fourth-order valence-electron chi connectivity index (χ4n) is 4.55. The lowest BCUT2D eigenvalue weighted by atomic mass is 9.84. The Hall–Kier alpha value is -4.46. The zero-order valence-corrected chi connectivity index (χ0v) is 20.2. The van der Waals surface area contributed by atoms with Gasteiger partial charge < -0.3 is 28.4 Å². The molecular formula is C28H24O8. The van der Waals surface area contributed by atoms with E-state index >= 15 is 0 Å². The number of Topliss-reactive ketones (excluding diaryl/α,β-unsaturated/α-hetero) is 1. The molecule has 1 atom stereocenters. The van der Waals surface area contributed by atoms with Crippen molar-refractivity contribution in [2.24, 2.45) is 0 Å². The van der Waals surface area contributed by atoms with Gasteiger partial charge >= 0.3 is 5.97 Å². The van der Waals surface area contributed by atoms with Gasteiger partial charge in [-0.3, -0.25) is 9.59 Å². The molecule has 0 saturated heterocycles. The Morgan fingerprint density at radius 3 is 2.17 bits per heavy atom. The zero-order valence-electron chi connectivity index (χ0n) is 20.2. The molecule has 36 heavy (non-hydrogen) atoms. The molecule has 2 aliphatic heterocycles. The second kappa shape index (κ2) is 9.30. The van der Waals surface area contributed by atoms with Crippen LogP contribution in [0, 0.1) is 0 Å². The second-order valence-electron chi connectivity index (χ2n) is 8.25. The standard InChI is InChI=1S/C28H24O8/c1-31-16-7-5-15(6-8-16)11-24-27(30)17-9-10-20-26(28(17)36-24)19(13-25(29)35-20)18-12-22(33-3)23(34-4)14-21(18)32-2/h5-12,14,19H,13H2,1-4H3/b24-11-. The summed E-state index contributed by atoms with van der Waals surface area (Å²) in [7, 11) is 6.20. The topological polar surface area (TPSA) is 89.5 Å². The van der Waals surface area contributed by atoms with Gasteiger partial charge in [0.1, 0.15) is 23.0 Å². The van der Waals surface area contributed by atoms with Crippen LogP contribution in [0.2, 0.25) is 0 Å². The van der Waals surface area contributed by atoms with E-state index < -0.39 is 11.9 Å². The number of fused-ring (bicyclic) bond motifs is 3. The minimum atomic E-state index is -0.501. The van der Waals surface area contributed by atoms with E-state index in [9.17, 15) is 9.59 Å². The van der Waals surface area contributed by atoms with Gasteiger partial charge in [-0.2, -0.15) is 0 Å². The molecule has 184 valence electrons. The lowest BCUT2D eigenvalue weighted by Crippen LogP contribution is -2.22. The highest BCUT2D eigenvalue weighted by Gasteiger charge is 2.39. The highest BCUT2D eigenvalue weighted by molar-refractivity contribution is 6.15. The maximum Gasteiger partial charge on any atom is 0.312 e.